The third kappa shape index (κ3) is 4.42. The maximum atomic E-state index is 13.3. The van der Waals surface area contributed by atoms with Gasteiger partial charge in [0, 0.05) is 24.2 Å². The molecule has 3 aromatic rings. The summed E-state index contributed by atoms with van der Waals surface area (Å²) in [6, 6.07) is 1.33. The quantitative estimate of drug-likeness (QED) is 0.608. The summed E-state index contributed by atoms with van der Waals surface area (Å²) in [5.41, 5.74) is 6.55. The van der Waals surface area contributed by atoms with Gasteiger partial charge in [0.25, 0.3) is 0 Å². The monoisotopic (exact) mass is 443 g/mol. The number of carbonyl (C=O) groups is 1. The second-order valence-corrected chi connectivity index (χ2v) is 8.48. The van der Waals surface area contributed by atoms with Gasteiger partial charge in [-0.3, -0.25) is 4.79 Å². The number of hydrogen-bond acceptors (Lipinski definition) is 6. The number of esters is 1. The smallest absolute Gasteiger partial charge is 0.309 e. The summed E-state index contributed by atoms with van der Waals surface area (Å²) < 4.78 is 33.2. The number of rotatable bonds is 3. The van der Waals surface area contributed by atoms with Gasteiger partial charge in [-0.15, -0.1) is 0 Å². The van der Waals surface area contributed by atoms with E-state index in [1.807, 2.05) is 6.92 Å². The van der Waals surface area contributed by atoms with Crippen molar-refractivity contribution in [2.75, 3.05) is 12.3 Å². The standard InChI is InChI=1S/C12H9F2N5.C11H18O2/c1-19-5-8(7-2-6(13)3-17-12(7)19)11-16-4-9(14)10(15)18-11;1-2-13-11(12)10-7-8-3-5-9(10)6-4-8/h2-5H,1H3,(H2,15,16,18);8-10H,2-7H2,1H3. The number of halogens is 2. The van der Waals surface area contributed by atoms with Crippen LogP contribution in [0.4, 0.5) is 14.6 Å². The molecule has 6 rings (SSSR count). The topological polar surface area (TPSA) is 95.9 Å². The zero-order valence-electron chi connectivity index (χ0n) is 18.2. The van der Waals surface area contributed by atoms with Crippen LogP contribution in [0.15, 0.2) is 24.7 Å². The molecule has 3 saturated carbocycles. The fraction of sp³-hybridized carbons (Fsp3) is 0.478. The van der Waals surface area contributed by atoms with Crippen LogP contribution in [0.25, 0.3) is 22.4 Å². The van der Waals surface area contributed by atoms with Crippen molar-refractivity contribution >= 4 is 22.8 Å². The highest BCUT2D eigenvalue weighted by Crippen LogP contribution is 2.45. The minimum atomic E-state index is -0.687. The molecular formula is C23H27F2N5O2. The Bertz CT molecular complexity index is 1130. The predicted octanol–water partition coefficient (Wildman–Crippen LogP) is 4.27. The molecule has 0 amide bonds. The first-order valence-electron chi connectivity index (χ1n) is 10.9. The van der Waals surface area contributed by atoms with Crippen molar-refractivity contribution in [3.05, 3.63) is 36.3 Å². The Morgan fingerprint density at radius 3 is 2.59 bits per heavy atom. The summed E-state index contributed by atoms with van der Waals surface area (Å²) in [5, 5.41) is 0.550. The van der Waals surface area contributed by atoms with Gasteiger partial charge in [0.05, 0.1) is 24.9 Å². The number of fused-ring (bicyclic) bond motifs is 4. The van der Waals surface area contributed by atoms with Gasteiger partial charge in [-0.25, -0.2) is 23.7 Å². The number of carbonyl (C=O) groups excluding carboxylic acids is 1. The first-order valence-corrected chi connectivity index (χ1v) is 10.9. The van der Waals surface area contributed by atoms with E-state index in [1.165, 1.54) is 31.7 Å². The molecule has 1 unspecified atom stereocenters. The molecule has 2 N–H and O–H groups in total. The largest absolute Gasteiger partial charge is 0.466 e. The maximum absolute atomic E-state index is 13.3. The molecular weight excluding hydrogens is 416 g/mol. The maximum Gasteiger partial charge on any atom is 0.309 e. The molecule has 3 heterocycles. The van der Waals surface area contributed by atoms with Gasteiger partial charge in [0.2, 0.25) is 0 Å². The molecule has 3 aliphatic rings. The lowest BCUT2D eigenvalue weighted by Gasteiger charge is -2.40. The second kappa shape index (κ2) is 9.18. The van der Waals surface area contributed by atoms with E-state index in [2.05, 4.69) is 15.0 Å². The molecule has 2 bridgehead atoms. The summed E-state index contributed by atoms with van der Waals surface area (Å²) in [4.78, 5) is 23.3. The molecule has 32 heavy (non-hydrogen) atoms. The first kappa shape index (κ1) is 22.1. The number of nitrogen functional groups attached to an aromatic ring is 1. The Labute approximate surface area is 185 Å². The van der Waals surface area contributed by atoms with Crippen molar-refractivity contribution in [3.8, 4) is 11.4 Å². The van der Waals surface area contributed by atoms with Crippen molar-refractivity contribution in [2.45, 2.75) is 39.0 Å². The van der Waals surface area contributed by atoms with Gasteiger partial charge in [-0.1, -0.05) is 12.8 Å². The third-order valence-electron chi connectivity index (χ3n) is 6.43. The Balaban J connectivity index is 0.000000165. The van der Waals surface area contributed by atoms with Crippen LogP contribution in [0, 0.1) is 29.4 Å². The average molecular weight is 443 g/mol. The number of aryl methyl sites for hydroxylation is 1. The number of hydrogen-bond donors (Lipinski definition) is 1. The van der Waals surface area contributed by atoms with Crippen molar-refractivity contribution in [1.29, 1.82) is 0 Å². The Morgan fingerprint density at radius 1 is 1.22 bits per heavy atom. The number of anilines is 1. The molecule has 0 spiro atoms. The van der Waals surface area contributed by atoms with E-state index >= 15 is 0 Å². The molecule has 3 aliphatic carbocycles. The molecule has 9 heteroatoms. The van der Waals surface area contributed by atoms with E-state index in [1.54, 1.807) is 17.8 Å². The molecule has 7 nitrogen and oxygen atoms in total. The zero-order chi connectivity index (χ0) is 22.8. The summed E-state index contributed by atoms with van der Waals surface area (Å²) >= 11 is 0. The van der Waals surface area contributed by atoms with Crippen LogP contribution >= 0.6 is 0 Å². The fourth-order valence-corrected chi connectivity index (χ4v) is 4.84. The van der Waals surface area contributed by atoms with E-state index in [9.17, 15) is 13.6 Å². The Kier molecular flexibility index (Phi) is 6.34. The Morgan fingerprint density at radius 2 is 1.97 bits per heavy atom. The summed E-state index contributed by atoms with van der Waals surface area (Å²) in [5.74, 6) is 0.611. The Hall–Kier alpha value is -3.10. The molecule has 0 aliphatic heterocycles. The highest BCUT2D eigenvalue weighted by atomic mass is 19.1. The van der Waals surface area contributed by atoms with E-state index in [-0.39, 0.29) is 23.5 Å². The van der Waals surface area contributed by atoms with Gasteiger partial charge in [0.1, 0.15) is 11.5 Å². The fourth-order valence-electron chi connectivity index (χ4n) is 4.84. The molecule has 3 aromatic heterocycles. The summed E-state index contributed by atoms with van der Waals surface area (Å²) in [6.07, 6.45) is 10.1. The van der Waals surface area contributed by atoms with E-state index in [0.29, 0.717) is 29.1 Å². The number of nitrogens with two attached hydrogens (primary N) is 1. The zero-order valence-corrected chi connectivity index (χ0v) is 18.2. The van der Waals surface area contributed by atoms with E-state index in [0.717, 1.165) is 24.7 Å². The van der Waals surface area contributed by atoms with Gasteiger partial charge in [-0.2, -0.15) is 0 Å². The highest BCUT2D eigenvalue weighted by molar-refractivity contribution is 5.92. The number of pyridine rings is 1. The molecule has 3 fully saturated rings. The molecule has 0 saturated heterocycles. The van der Waals surface area contributed by atoms with E-state index in [4.69, 9.17) is 10.5 Å². The lowest BCUT2D eigenvalue weighted by Crippen LogP contribution is -2.36. The number of ether oxygens (including phenoxy) is 1. The highest BCUT2D eigenvalue weighted by Gasteiger charge is 2.40. The third-order valence-corrected chi connectivity index (χ3v) is 6.43. The number of nitrogens with zero attached hydrogens (tertiary/aromatic N) is 4. The van der Waals surface area contributed by atoms with Crippen LogP contribution in [0.1, 0.15) is 39.0 Å². The van der Waals surface area contributed by atoms with Crippen LogP contribution in [0.5, 0.6) is 0 Å². The van der Waals surface area contributed by atoms with Crippen molar-refractivity contribution < 1.29 is 18.3 Å². The van der Waals surface area contributed by atoms with Crippen LogP contribution in [0.3, 0.4) is 0 Å². The number of aromatic nitrogens is 4. The molecule has 1 atom stereocenters. The van der Waals surface area contributed by atoms with Crippen LogP contribution in [-0.2, 0) is 16.6 Å². The lowest BCUT2D eigenvalue weighted by atomic mass is 9.65. The van der Waals surface area contributed by atoms with Gasteiger partial charge >= 0.3 is 5.97 Å². The predicted molar refractivity (Wildman–Crippen MR) is 116 cm³/mol. The normalized spacial score (nSPS) is 21.8. The van der Waals surface area contributed by atoms with Crippen molar-refractivity contribution in [2.24, 2.45) is 24.8 Å². The SMILES string of the molecule is CCOC(=O)C1CC2CCC1CC2.Cn1cc(-c2ncc(F)c(N)n2)c2cc(F)cnc21. The minimum Gasteiger partial charge on any atom is -0.466 e. The molecule has 0 radical (unpaired) electrons. The molecule has 0 aromatic carbocycles. The average Bonchev–Trinajstić information content (AvgIpc) is 3.12. The van der Waals surface area contributed by atoms with Crippen LogP contribution in [-0.4, -0.2) is 32.1 Å². The van der Waals surface area contributed by atoms with Gasteiger partial charge in [0.15, 0.2) is 17.5 Å². The summed E-state index contributed by atoms with van der Waals surface area (Å²) in [7, 11) is 1.77. The lowest BCUT2D eigenvalue weighted by molar-refractivity contribution is -0.153. The van der Waals surface area contributed by atoms with Crippen molar-refractivity contribution in [3.63, 3.8) is 0 Å². The van der Waals surface area contributed by atoms with Gasteiger partial charge in [-0.05, 0) is 44.1 Å². The van der Waals surface area contributed by atoms with Crippen LogP contribution in [0.2, 0.25) is 0 Å². The van der Waals surface area contributed by atoms with Crippen LogP contribution < -0.4 is 5.73 Å². The second-order valence-electron chi connectivity index (χ2n) is 8.48. The molecule has 170 valence electrons. The van der Waals surface area contributed by atoms with E-state index < -0.39 is 11.6 Å². The van der Waals surface area contributed by atoms with Crippen molar-refractivity contribution in [1.82, 2.24) is 19.5 Å². The summed E-state index contributed by atoms with van der Waals surface area (Å²) in [6.45, 7) is 2.42. The van der Waals surface area contributed by atoms with Gasteiger partial charge < -0.3 is 15.0 Å². The first-order chi connectivity index (χ1) is 15.4. The minimum absolute atomic E-state index is 0.0666.